The number of carbonyl (C=O) groups is 1. The van der Waals surface area contributed by atoms with Gasteiger partial charge in [0.1, 0.15) is 0 Å². The van der Waals surface area contributed by atoms with Crippen molar-refractivity contribution in [3.8, 4) is 0 Å². The lowest BCUT2D eigenvalue weighted by Crippen LogP contribution is -2.46. The monoisotopic (exact) mass is 303 g/mol. The minimum atomic E-state index is -0.189. The maximum absolute atomic E-state index is 12.8. The van der Waals surface area contributed by atoms with Gasteiger partial charge in [0, 0.05) is 31.8 Å². The molecule has 1 amide bonds. The number of aliphatic hydroxyl groups is 1. The number of aryl methyl sites for hydroxylation is 1. The van der Waals surface area contributed by atoms with Crippen molar-refractivity contribution in [2.24, 2.45) is 13.0 Å². The number of amides is 1. The zero-order valence-electron chi connectivity index (χ0n) is 12.9. The van der Waals surface area contributed by atoms with Crippen LogP contribution in [0, 0.1) is 5.92 Å². The Bertz CT molecular complexity index is 762. The number of hydrogen-bond acceptors (Lipinski definition) is 3. The number of piperidine rings is 1. The number of fused-ring (bicyclic) bond motifs is 1. The lowest BCUT2D eigenvalue weighted by atomic mass is 9.93. The summed E-state index contributed by atoms with van der Waals surface area (Å²) in [5, 5.41) is 9.34. The van der Waals surface area contributed by atoms with Gasteiger partial charge in [0.25, 0.3) is 5.91 Å². The largest absolute Gasteiger partial charge is 0.396 e. The average Bonchev–Trinajstić information content (AvgIpc) is 2.81. The molecular weight excluding hydrogens is 282 g/mol. The summed E-state index contributed by atoms with van der Waals surface area (Å²) in [5.74, 6) is 0.109. The van der Waals surface area contributed by atoms with Crippen molar-refractivity contribution in [3.05, 3.63) is 34.2 Å². The molecule has 1 aromatic carbocycles. The number of rotatable bonds is 2. The van der Waals surface area contributed by atoms with E-state index in [2.05, 4.69) is 4.98 Å². The minimum Gasteiger partial charge on any atom is -0.396 e. The average molecular weight is 303 g/mol. The molecule has 2 heterocycles. The number of carbonyl (C=O) groups excluding carboxylic acids is 1. The molecule has 1 aliphatic rings. The standard InChI is InChI=1S/C16H21N3O3/c1-10-3-4-11(9-20)8-19(10)15(21)12-5-6-14-13(7-12)17-16(22)18(14)2/h5-7,10-11,20H,3-4,8-9H2,1-2H3,(H,17,22). The van der Waals surface area contributed by atoms with Crippen LogP contribution in [0.2, 0.25) is 0 Å². The zero-order chi connectivity index (χ0) is 15.9. The fourth-order valence-electron chi connectivity index (χ4n) is 3.15. The zero-order valence-corrected chi connectivity index (χ0v) is 12.9. The van der Waals surface area contributed by atoms with Crippen LogP contribution in [0.15, 0.2) is 23.0 Å². The maximum atomic E-state index is 12.8. The van der Waals surface area contributed by atoms with Crippen LogP contribution in [0.5, 0.6) is 0 Å². The van der Waals surface area contributed by atoms with Crippen molar-refractivity contribution >= 4 is 16.9 Å². The fourth-order valence-corrected chi connectivity index (χ4v) is 3.15. The first-order valence-corrected chi connectivity index (χ1v) is 7.62. The van der Waals surface area contributed by atoms with Gasteiger partial charge in [-0.3, -0.25) is 9.36 Å². The summed E-state index contributed by atoms with van der Waals surface area (Å²) >= 11 is 0. The van der Waals surface area contributed by atoms with E-state index in [4.69, 9.17) is 0 Å². The summed E-state index contributed by atoms with van der Waals surface area (Å²) in [6.45, 7) is 2.73. The van der Waals surface area contributed by atoms with Gasteiger partial charge in [0.05, 0.1) is 11.0 Å². The van der Waals surface area contributed by atoms with E-state index in [1.54, 1.807) is 25.2 Å². The van der Waals surface area contributed by atoms with E-state index in [-0.39, 0.29) is 30.2 Å². The Balaban J connectivity index is 1.92. The van der Waals surface area contributed by atoms with E-state index in [1.165, 1.54) is 4.57 Å². The van der Waals surface area contributed by atoms with Gasteiger partial charge in [0.2, 0.25) is 0 Å². The molecule has 0 aliphatic carbocycles. The van der Waals surface area contributed by atoms with Gasteiger partial charge in [-0.1, -0.05) is 0 Å². The molecule has 22 heavy (non-hydrogen) atoms. The molecule has 118 valence electrons. The predicted octanol–water partition coefficient (Wildman–Crippen LogP) is 1.10. The number of nitrogens with one attached hydrogen (secondary N) is 1. The molecule has 6 heteroatoms. The summed E-state index contributed by atoms with van der Waals surface area (Å²) in [5.41, 5.74) is 1.83. The first-order valence-electron chi connectivity index (χ1n) is 7.62. The van der Waals surface area contributed by atoms with Crippen molar-refractivity contribution in [2.75, 3.05) is 13.2 Å². The van der Waals surface area contributed by atoms with Crippen LogP contribution in [-0.2, 0) is 7.05 Å². The summed E-state index contributed by atoms with van der Waals surface area (Å²) in [6.07, 6.45) is 1.86. The molecule has 2 atom stereocenters. The van der Waals surface area contributed by atoms with E-state index in [0.717, 1.165) is 18.4 Å². The van der Waals surface area contributed by atoms with Crippen molar-refractivity contribution in [2.45, 2.75) is 25.8 Å². The second-order valence-corrected chi connectivity index (χ2v) is 6.15. The molecule has 6 nitrogen and oxygen atoms in total. The molecule has 2 aromatic rings. The smallest absolute Gasteiger partial charge is 0.326 e. The summed E-state index contributed by atoms with van der Waals surface area (Å²) < 4.78 is 1.52. The van der Waals surface area contributed by atoms with Crippen molar-refractivity contribution in [1.82, 2.24) is 14.5 Å². The molecule has 0 bridgehead atoms. The second-order valence-electron chi connectivity index (χ2n) is 6.15. The molecule has 3 rings (SSSR count). The summed E-state index contributed by atoms with van der Waals surface area (Å²) in [4.78, 5) is 29.0. The first-order chi connectivity index (χ1) is 10.5. The Morgan fingerprint density at radius 3 is 2.91 bits per heavy atom. The second kappa shape index (κ2) is 5.61. The molecule has 0 saturated carbocycles. The highest BCUT2D eigenvalue weighted by Gasteiger charge is 2.29. The van der Waals surface area contributed by atoms with E-state index >= 15 is 0 Å². The van der Waals surface area contributed by atoms with Crippen molar-refractivity contribution < 1.29 is 9.90 Å². The predicted molar refractivity (Wildman–Crippen MR) is 83.8 cm³/mol. The van der Waals surface area contributed by atoms with Gasteiger partial charge in [-0.05, 0) is 43.9 Å². The number of H-pyrrole nitrogens is 1. The van der Waals surface area contributed by atoms with Crippen LogP contribution in [0.4, 0.5) is 0 Å². The van der Waals surface area contributed by atoms with Crippen molar-refractivity contribution in [3.63, 3.8) is 0 Å². The Kier molecular flexibility index (Phi) is 3.78. The number of hydrogen-bond donors (Lipinski definition) is 2. The number of nitrogens with zero attached hydrogens (tertiary/aromatic N) is 2. The molecule has 2 N–H and O–H groups in total. The third-order valence-corrected chi connectivity index (χ3v) is 4.65. The molecule has 1 saturated heterocycles. The van der Waals surface area contributed by atoms with Gasteiger partial charge in [-0.15, -0.1) is 0 Å². The Labute approximate surface area is 128 Å². The number of benzene rings is 1. The molecule has 2 unspecified atom stereocenters. The number of aliphatic hydroxyl groups excluding tert-OH is 1. The summed E-state index contributed by atoms with van der Waals surface area (Å²) in [6, 6.07) is 5.45. The molecule has 1 fully saturated rings. The van der Waals surface area contributed by atoms with Gasteiger partial charge < -0.3 is 15.0 Å². The van der Waals surface area contributed by atoms with Crippen LogP contribution < -0.4 is 5.69 Å². The van der Waals surface area contributed by atoms with Crippen LogP contribution in [0.25, 0.3) is 11.0 Å². The highest BCUT2D eigenvalue weighted by atomic mass is 16.3. The van der Waals surface area contributed by atoms with E-state index in [0.29, 0.717) is 17.6 Å². The lowest BCUT2D eigenvalue weighted by Gasteiger charge is -2.37. The van der Waals surface area contributed by atoms with E-state index in [9.17, 15) is 14.7 Å². The third kappa shape index (κ3) is 2.43. The molecule has 1 aromatic heterocycles. The Morgan fingerprint density at radius 2 is 2.18 bits per heavy atom. The highest BCUT2D eigenvalue weighted by Crippen LogP contribution is 2.24. The van der Waals surface area contributed by atoms with Crippen LogP contribution in [0.3, 0.4) is 0 Å². The van der Waals surface area contributed by atoms with Gasteiger partial charge in [0.15, 0.2) is 0 Å². The molecule has 0 radical (unpaired) electrons. The number of likely N-dealkylation sites (tertiary alicyclic amines) is 1. The van der Waals surface area contributed by atoms with Crippen LogP contribution >= 0.6 is 0 Å². The molecule has 0 spiro atoms. The molecule has 1 aliphatic heterocycles. The van der Waals surface area contributed by atoms with Gasteiger partial charge in [-0.2, -0.15) is 0 Å². The normalized spacial score (nSPS) is 22.2. The number of aromatic nitrogens is 2. The van der Waals surface area contributed by atoms with Gasteiger partial charge in [-0.25, -0.2) is 4.79 Å². The number of aromatic amines is 1. The van der Waals surface area contributed by atoms with Crippen LogP contribution in [0.1, 0.15) is 30.1 Å². The van der Waals surface area contributed by atoms with Crippen LogP contribution in [-0.4, -0.2) is 44.7 Å². The third-order valence-electron chi connectivity index (χ3n) is 4.65. The number of imidazole rings is 1. The van der Waals surface area contributed by atoms with Gasteiger partial charge >= 0.3 is 5.69 Å². The Hall–Kier alpha value is -2.08. The summed E-state index contributed by atoms with van der Waals surface area (Å²) in [7, 11) is 1.70. The fraction of sp³-hybridized carbons (Fsp3) is 0.500. The van der Waals surface area contributed by atoms with E-state index < -0.39 is 0 Å². The molecular formula is C16H21N3O3. The minimum absolute atomic E-state index is 0.0442. The topological polar surface area (TPSA) is 78.3 Å². The SMILES string of the molecule is CC1CCC(CO)CN1C(=O)c1ccc2c(c1)[nH]c(=O)n2C. The first kappa shape index (κ1) is 14.8. The van der Waals surface area contributed by atoms with E-state index in [1.807, 2.05) is 11.8 Å². The quantitative estimate of drug-likeness (QED) is 0.872. The maximum Gasteiger partial charge on any atom is 0.326 e. The Morgan fingerprint density at radius 1 is 1.41 bits per heavy atom. The lowest BCUT2D eigenvalue weighted by molar-refractivity contribution is 0.0489. The van der Waals surface area contributed by atoms with Crippen molar-refractivity contribution in [1.29, 1.82) is 0 Å². The highest BCUT2D eigenvalue weighted by molar-refractivity contribution is 5.97.